The third-order valence-electron chi connectivity index (χ3n) is 7.88. The van der Waals surface area contributed by atoms with Gasteiger partial charge in [0.2, 0.25) is 0 Å². The molecule has 1 aliphatic carbocycles. The van der Waals surface area contributed by atoms with E-state index in [4.69, 9.17) is 9.47 Å². The van der Waals surface area contributed by atoms with Gasteiger partial charge in [0.15, 0.2) is 12.2 Å². The van der Waals surface area contributed by atoms with Crippen molar-refractivity contribution in [2.24, 2.45) is 17.8 Å². The zero-order valence-electron chi connectivity index (χ0n) is 19.2. The van der Waals surface area contributed by atoms with Crippen molar-refractivity contribution in [3.8, 4) is 0 Å². The van der Waals surface area contributed by atoms with E-state index >= 15 is 0 Å². The number of esters is 2. The zero-order chi connectivity index (χ0) is 22.8. The molecule has 174 valence electrons. The molecule has 7 unspecified atom stereocenters. The molecule has 5 nitrogen and oxygen atoms in total. The van der Waals surface area contributed by atoms with Crippen molar-refractivity contribution in [2.45, 2.75) is 69.7 Å². The lowest BCUT2D eigenvalue weighted by molar-refractivity contribution is -0.0706. The molecule has 0 aromatic heterocycles. The minimum atomic E-state index is -0.473. The van der Waals surface area contributed by atoms with Crippen LogP contribution in [0, 0.1) is 17.8 Å². The second-order valence-electron chi connectivity index (χ2n) is 9.76. The van der Waals surface area contributed by atoms with Gasteiger partial charge in [-0.1, -0.05) is 75.4 Å². The lowest BCUT2D eigenvalue weighted by atomic mass is 9.63. The van der Waals surface area contributed by atoms with Crippen LogP contribution in [0.1, 0.15) is 66.2 Å². The third-order valence-corrected chi connectivity index (χ3v) is 7.88. The molecule has 2 saturated heterocycles. The van der Waals surface area contributed by atoms with E-state index < -0.39 is 12.2 Å². The van der Waals surface area contributed by atoms with E-state index in [0.29, 0.717) is 28.9 Å². The fourth-order valence-electron chi connectivity index (χ4n) is 6.46. The van der Waals surface area contributed by atoms with Crippen molar-refractivity contribution in [3.63, 3.8) is 0 Å². The molecule has 5 rings (SSSR count). The number of benzene rings is 2. The summed E-state index contributed by atoms with van der Waals surface area (Å²) in [6, 6.07) is 18.2. The average molecular weight is 448 g/mol. The molecular weight excluding hydrogens is 414 g/mol. The predicted octanol–water partition coefficient (Wildman–Crippen LogP) is 5.01. The molecule has 2 heterocycles. The molecule has 33 heavy (non-hydrogen) atoms. The largest absolute Gasteiger partial charge is 0.453 e. The number of fused-ring (bicyclic) bond motifs is 5. The van der Waals surface area contributed by atoms with Gasteiger partial charge in [-0.05, 0) is 48.4 Å². The van der Waals surface area contributed by atoms with Gasteiger partial charge in [-0.3, -0.25) is 0 Å². The molecule has 0 amide bonds. The van der Waals surface area contributed by atoms with Gasteiger partial charge >= 0.3 is 11.9 Å². The molecular formula is C28H33NO4. The van der Waals surface area contributed by atoms with E-state index in [1.165, 1.54) is 32.1 Å². The molecule has 2 aromatic rings. The van der Waals surface area contributed by atoms with Crippen LogP contribution in [0.2, 0.25) is 0 Å². The molecule has 2 aromatic carbocycles. The SMILES string of the molecule is CCCCC1CCCC2C3NC(C(OC(=O)c4ccccc4)C3OC(=O)c3ccccc3)C12. The number of ether oxygens (including phenoxy) is 2. The number of hydrogen-bond donors (Lipinski definition) is 1. The fourth-order valence-corrected chi connectivity index (χ4v) is 6.46. The fraction of sp³-hybridized carbons (Fsp3) is 0.500. The summed E-state index contributed by atoms with van der Waals surface area (Å²) in [4.78, 5) is 26.0. The smallest absolute Gasteiger partial charge is 0.338 e. The summed E-state index contributed by atoms with van der Waals surface area (Å²) >= 11 is 0. The summed E-state index contributed by atoms with van der Waals surface area (Å²) in [5, 5.41) is 3.74. The number of rotatable bonds is 7. The quantitative estimate of drug-likeness (QED) is 0.604. The van der Waals surface area contributed by atoms with Gasteiger partial charge < -0.3 is 14.8 Å². The van der Waals surface area contributed by atoms with Crippen LogP contribution in [0.3, 0.4) is 0 Å². The number of hydrogen-bond acceptors (Lipinski definition) is 5. The van der Waals surface area contributed by atoms with Crippen molar-refractivity contribution in [1.82, 2.24) is 5.32 Å². The van der Waals surface area contributed by atoms with E-state index in [9.17, 15) is 9.59 Å². The molecule has 2 aliphatic heterocycles. The van der Waals surface area contributed by atoms with Crippen molar-refractivity contribution in [2.75, 3.05) is 0 Å². The molecule has 5 heteroatoms. The zero-order valence-corrected chi connectivity index (χ0v) is 19.2. The molecule has 7 atom stereocenters. The predicted molar refractivity (Wildman–Crippen MR) is 126 cm³/mol. The molecule has 1 saturated carbocycles. The topological polar surface area (TPSA) is 64.6 Å². The third kappa shape index (κ3) is 4.31. The van der Waals surface area contributed by atoms with Gasteiger partial charge in [0, 0.05) is 0 Å². The minimum absolute atomic E-state index is 0.0309. The second-order valence-corrected chi connectivity index (χ2v) is 9.76. The summed E-state index contributed by atoms with van der Waals surface area (Å²) in [5.74, 6) is 0.857. The van der Waals surface area contributed by atoms with E-state index in [-0.39, 0.29) is 24.0 Å². The van der Waals surface area contributed by atoms with Gasteiger partial charge in [-0.25, -0.2) is 9.59 Å². The molecule has 2 bridgehead atoms. The first kappa shape index (κ1) is 22.1. The van der Waals surface area contributed by atoms with Gasteiger partial charge in [0.05, 0.1) is 23.2 Å². The number of carbonyl (C=O) groups is 2. The molecule has 3 fully saturated rings. The van der Waals surface area contributed by atoms with E-state index in [2.05, 4.69) is 12.2 Å². The maximum atomic E-state index is 13.0. The molecule has 1 N–H and O–H groups in total. The van der Waals surface area contributed by atoms with Crippen molar-refractivity contribution in [1.29, 1.82) is 0 Å². The van der Waals surface area contributed by atoms with Crippen LogP contribution in [0.15, 0.2) is 60.7 Å². The summed E-state index contributed by atoms with van der Waals surface area (Å²) in [5.41, 5.74) is 1.05. The van der Waals surface area contributed by atoms with Gasteiger partial charge in [0.25, 0.3) is 0 Å². The highest BCUT2D eigenvalue weighted by Crippen LogP contribution is 2.52. The van der Waals surface area contributed by atoms with Crippen molar-refractivity contribution >= 4 is 11.9 Å². The van der Waals surface area contributed by atoms with E-state index in [0.717, 1.165) is 6.42 Å². The maximum Gasteiger partial charge on any atom is 0.338 e. The second kappa shape index (κ2) is 9.68. The van der Waals surface area contributed by atoms with Crippen molar-refractivity contribution in [3.05, 3.63) is 71.8 Å². The Balaban J connectivity index is 1.40. The normalized spacial score (nSPS) is 32.2. The van der Waals surface area contributed by atoms with Gasteiger partial charge in [-0.2, -0.15) is 0 Å². The Hall–Kier alpha value is -2.66. The number of unbranched alkanes of at least 4 members (excludes halogenated alkanes) is 1. The summed E-state index contributed by atoms with van der Waals surface area (Å²) in [7, 11) is 0. The molecule has 0 radical (unpaired) electrons. The Kier molecular flexibility index (Phi) is 6.50. The van der Waals surface area contributed by atoms with E-state index in [1.807, 2.05) is 36.4 Å². The van der Waals surface area contributed by atoms with Crippen LogP contribution in [0.5, 0.6) is 0 Å². The highest BCUT2D eigenvalue weighted by Gasteiger charge is 2.63. The maximum absolute atomic E-state index is 13.0. The summed E-state index contributed by atoms with van der Waals surface area (Å²) in [6.45, 7) is 2.24. The van der Waals surface area contributed by atoms with Gasteiger partial charge in [-0.15, -0.1) is 0 Å². The van der Waals surface area contributed by atoms with Crippen LogP contribution in [0.4, 0.5) is 0 Å². The first-order valence-corrected chi connectivity index (χ1v) is 12.5. The monoisotopic (exact) mass is 447 g/mol. The lowest BCUT2D eigenvalue weighted by Crippen LogP contribution is -2.53. The van der Waals surface area contributed by atoms with Crippen LogP contribution < -0.4 is 5.32 Å². The Morgan fingerprint density at radius 2 is 1.42 bits per heavy atom. The Morgan fingerprint density at radius 3 is 2.00 bits per heavy atom. The Bertz CT molecular complexity index is 962. The molecule has 3 aliphatic rings. The Morgan fingerprint density at radius 1 is 0.848 bits per heavy atom. The average Bonchev–Trinajstić information content (AvgIpc) is 3.41. The first-order chi connectivity index (χ1) is 16.2. The van der Waals surface area contributed by atoms with E-state index in [1.54, 1.807) is 24.3 Å². The lowest BCUT2D eigenvalue weighted by Gasteiger charge is -2.44. The van der Waals surface area contributed by atoms with Crippen LogP contribution >= 0.6 is 0 Å². The van der Waals surface area contributed by atoms with Gasteiger partial charge in [0.1, 0.15) is 0 Å². The first-order valence-electron chi connectivity index (χ1n) is 12.5. The number of nitrogens with one attached hydrogen (secondary N) is 1. The van der Waals surface area contributed by atoms with Crippen LogP contribution in [0.25, 0.3) is 0 Å². The minimum Gasteiger partial charge on any atom is -0.453 e. The Labute approximate surface area is 195 Å². The highest BCUT2D eigenvalue weighted by atomic mass is 16.6. The standard InChI is InChI=1S/C28H33NO4/c1-2-3-11-18-16-10-17-21-22(18)24-26(33-28(31)20-14-8-5-9-15-20)25(23(21)29-24)32-27(30)19-12-6-4-7-13-19/h4-9,12-15,18,21-26,29H,2-3,10-11,16-17H2,1H3. The summed E-state index contributed by atoms with van der Waals surface area (Å²) < 4.78 is 12.2. The van der Waals surface area contributed by atoms with Crippen LogP contribution in [-0.4, -0.2) is 36.2 Å². The summed E-state index contributed by atoms with van der Waals surface area (Å²) in [6.07, 6.45) is 6.29. The highest BCUT2D eigenvalue weighted by molar-refractivity contribution is 5.90. The van der Waals surface area contributed by atoms with Crippen molar-refractivity contribution < 1.29 is 19.1 Å². The van der Waals surface area contributed by atoms with Crippen LogP contribution in [-0.2, 0) is 9.47 Å². The number of carbonyl (C=O) groups excluding carboxylic acids is 2. The molecule has 0 spiro atoms.